The second-order valence-electron chi connectivity index (χ2n) is 5.37. The van der Waals surface area contributed by atoms with Crippen LogP contribution in [0.15, 0.2) is 30.7 Å². The summed E-state index contributed by atoms with van der Waals surface area (Å²) >= 11 is 0. The molecule has 3 N–H and O–H groups in total. The van der Waals surface area contributed by atoms with Crippen molar-refractivity contribution < 1.29 is 0 Å². The van der Waals surface area contributed by atoms with Crippen LogP contribution in [0.4, 0.5) is 5.95 Å². The summed E-state index contributed by atoms with van der Waals surface area (Å²) in [7, 11) is 0. The van der Waals surface area contributed by atoms with Gasteiger partial charge in [-0.2, -0.15) is 0 Å². The maximum Gasteiger partial charge on any atom is 0.220 e. The highest BCUT2D eigenvalue weighted by Crippen LogP contribution is 2.22. The summed E-state index contributed by atoms with van der Waals surface area (Å²) in [5.41, 5.74) is 10.1. The van der Waals surface area contributed by atoms with Crippen LogP contribution < -0.4 is 5.73 Å². The Hall–Kier alpha value is -2.47. The molecule has 1 aliphatic rings. The van der Waals surface area contributed by atoms with Gasteiger partial charge < -0.3 is 10.7 Å². The van der Waals surface area contributed by atoms with Crippen molar-refractivity contribution in [1.82, 2.24) is 24.8 Å². The molecule has 106 valence electrons. The minimum atomic E-state index is 0.366. The number of nitrogens with one attached hydrogen (secondary N) is 1. The Labute approximate surface area is 122 Å². The van der Waals surface area contributed by atoms with E-state index in [0.29, 0.717) is 5.95 Å². The summed E-state index contributed by atoms with van der Waals surface area (Å²) in [5.74, 6) is 0.366. The highest BCUT2D eigenvalue weighted by Gasteiger charge is 2.19. The van der Waals surface area contributed by atoms with Gasteiger partial charge in [0.05, 0.1) is 5.69 Å². The van der Waals surface area contributed by atoms with Crippen molar-refractivity contribution in [2.45, 2.75) is 19.5 Å². The van der Waals surface area contributed by atoms with Crippen LogP contribution in [0.1, 0.15) is 16.8 Å². The Bertz CT molecular complexity index is 794. The number of nitrogens with zero attached hydrogens (tertiary/aromatic N) is 4. The number of hydrogen-bond acceptors (Lipinski definition) is 5. The van der Waals surface area contributed by atoms with E-state index in [2.05, 4.69) is 30.9 Å². The topological polar surface area (TPSA) is 83.7 Å². The van der Waals surface area contributed by atoms with Crippen molar-refractivity contribution in [3.8, 4) is 0 Å². The minimum Gasteiger partial charge on any atom is -0.368 e. The maximum atomic E-state index is 5.64. The summed E-state index contributed by atoms with van der Waals surface area (Å²) in [6.07, 6.45) is 6.62. The molecular formula is C15H16N6. The van der Waals surface area contributed by atoms with E-state index in [1.165, 1.54) is 16.5 Å². The molecule has 0 atom stereocenters. The maximum absolute atomic E-state index is 5.64. The van der Waals surface area contributed by atoms with Gasteiger partial charge in [-0.25, -0.2) is 15.0 Å². The second-order valence-corrected chi connectivity index (χ2v) is 5.37. The molecule has 0 aliphatic carbocycles. The lowest BCUT2D eigenvalue weighted by Crippen LogP contribution is -2.31. The van der Waals surface area contributed by atoms with Crippen molar-refractivity contribution in [3.05, 3.63) is 47.5 Å². The van der Waals surface area contributed by atoms with Crippen molar-refractivity contribution in [2.75, 3.05) is 12.3 Å². The third-order valence-corrected chi connectivity index (χ3v) is 3.96. The Kier molecular flexibility index (Phi) is 2.82. The van der Waals surface area contributed by atoms with Crippen molar-refractivity contribution >= 4 is 17.0 Å². The molecule has 21 heavy (non-hydrogen) atoms. The molecule has 6 heteroatoms. The van der Waals surface area contributed by atoms with Crippen LogP contribution in [0.2, 0.25) is 0 Å². The highest BCUT2D eigenvalue weighted by atomic mass is 15.1. The first-order chi connectivity index (χ1) is 10.3. The number of hydrogen-bond donors (Lipinski definition) is 2. The zero-order chi connectivity index (χ0) is 14.2. The summed E-state index contributed by atoms with van der Waals surface area (Å²) in [4.78, 5) is 18.4. The van der Waals surface area contributed by atoms with Gasteiger partial charge in [-0.15, -0.1) is 0 Å². The van der Waals surface area contributed by atoms with Gasteiger partial charge in [-0.3, -0.25) is 4.90 Å². The summed E-state index contributed by atoms with van der Waals surface area (Å²) in [5, 5.41) is 1.19. The number of fused-ring (bicyclic) bond motifs is 2. The third-order valence-electron chi connectivity index (χ3n) is 3.96. The SMILES string of the molecule is Nc1ncc2c(n1)CCN(Cc1c[nH]c3ncccc13)C2. The molecule has 0 unspecified atom stereocenters. The van der Waals surface area contributed by atoms with Crippen molar-refractivity contribution in [1.29, 1.82) is 0 Å². The van der Waals surface area contributed by atoms with Gasteiger partial charge in [0, 0.05) is 55.6 Å². The van der Waals surface area contributed by atoms with Crippen LogP contribution in [0.25, 0.3) is 11.0 Å². The first kappa shape index (κ1) is 12.3. The van der Waals surface area contributed by atoms with E-state index in [9.17, 15) is 0 Å². The van der Waals surface area contributed by atoms with E-state index >= 15 is 0 Å². The van der Waals surface area contributed by atoms with Crippen LogP contribution in [0.3, 0.4) is 0 Å². The number of aromatic nitrogens is 4. The molecule has 0 bridgehead atoms. The number of pyridine rings is 1. The van der Waals surface area contributed by atoms with Gasteiger partial charge in [0.15, 0.2) is 0 Å². The molecule has 6 nitrogen and oxygen atoms in total. The number of aromatic amines is 1. The Morgan fingerprint density at radius 3 is 3.24 bits per heavy atom. The largest absolute Gasteiger partial charge is 0.368 e. The molecule has 0 saturated carbocycles. The molecule has 0 fully saturated rings. The minimum absolute atomic E-state index is 0.366. The van der Waals surface area contributed by atoms with E-state index < -0.39 is 0 Å². The number of H-pyrrole nitrogens is 1. The molecular weight excluding hydrogens is 264 g/mol. The van der Waals surface area contributed by atoms with E-state index in [0.717, 1.165) is 37.4 Å². The van der Waals surface area contributed by atoms with Gasteiger partial charge in [-0.05, 0) is 17.7 Å². The molecule has 3 aromatic rings. The Balaban J connectivity index is 1.57. The predicted octanol–water partition coefficient (Wildman–Crippen LogP) is 1.49. The zero-order valence-electron chi connectivity index (χ0n) is 11.6. The van der Waals surface area contributed by atoms with Gasteiger partial charge in [0.25, 0.3) is 0 Å². The fraction of sp³-hybridized carbons (Fsp3) is 0.267. The van der Waals surface area contributed by atoms with Crippen molar-refractivity contribution in [2.24, 2.45) is 0 Å². The normalized spacial score (nSPS) is 15.2. The average molecular weight is 280 g/mol. The van der Waals surface area contributed by atoms with Crippen LogP contribution in [0.5, 0.6) is 0 Å². The predicted molar refractivity (Wildman–Crippen MR) is 80.4 cm³/mol. The van der Waals surface area contributed by atoms with Gasteiger partial charge in [-0.1, -0.05) is 0 Å². The van der Waals surface area contributed by atoms with E-state index in [4.69, 9.17) is 5.73 Å². The second kappa shape index (κ2) is 4.82. The highest BCUT2D eigenvalue weighted by molar-refractivity contribution is 5.79. The van der Waals surface area contributed by atoms with E-state index in [1.807, 2.05) is 24.7 Å². The molecule has 0 amide bonds. The van der Waals surface area contributed by atoms with E-state index in [1.54, 1.807) is 0 Å². The number of anilines is 1. The first-order valence-corrected chi connectivity index (χ1v) is 7.03. The lowest BCUT2D eigenvalue weighted by Gasteiger charge is -2.27. The molecule has 0 aromatic carbocycles. The van der Waals surface area contributed by atoms with Crippen LogP contribution in [-0.2, 0) is 19.5 Å². The summed E-state index contributed by atoms with van der Waals surface area (Å²) < 4.78 is 0. The molecule has 4 rings (SSSR count). The van der Waals surface area contributed by atoms with Crippen LogP contribution in [0, 0.1) is 0 Å². The van der Waals surface area contributed by atoms with Gasteiger partial charge >= 0.3 is 0 Å². The lowest BCUT2D eigenvalue weighted by atomic mass is 10.1. The zero-order valence-corrected chi connectivity index (χ0v) is 11.6. The molecule has 0 radical (unpaired) electrons. The number of rotatable bonds is 2. The molecule has 0 spiro atoms. The number of nitrogen functional groups attached to an aromatic ring is 1. The fourth-order valence-corrected chi connectivity index (χ4v) is 2.91. The fourth-order valence-electron chi connectivity index (χ4n) is 2.91. The van der Waals surface area contributed by atoms with Gasteiger partial charge in [0.1, 0.15) is 5.65 Å². The molecule has 0 saturated heterocycles. The average Bonchev–Trinajstić information content (AvgIpc) is 2.91. The van der Waals surface area contributed by atoms with Crippen LogP contribution in [-0.4, -0.2) is 31.4 Å². The van der Waals surface area contributed by atoms with Crippen molar-refractivity contribution in [3.63, 3.8) is 0 Å². The molecule has 1 aliphatic heterocycles. The third kappa shape index (κ3) is 2.23. The monoisotopic (exact) mass is 280 g/mol. The van der Waals surface area contributed by atoms with Gasteiger partial charge in [0.2, 0.25) is 5.95 Å². The van der Waals surface area contributed by atoms with Crippen LogP contribution >= 0.6 is 0 Å². The Morgan fingerprint density at radius 2 is 2.29 bits per heavy atom. The summed E-state index contributed by atoms with van der Waals surface area (Å²) in [6, 6.07) is 4.08. The molecule has 4 heterocycles. The molecule has 3 aromatic heterocycles. The Morgan fingerprint density at radius 1 is 1.33 bits per heavy atom. The van der Waals surface area contributed by atoms with E-state index in [-0.39, 0.29) is 0 Å². The quantitative estimate of drug-likeness (QED) is 0.743. The standard InChI is InChI=1S/C15H16N6/c16-15-19-7-11-9-21(5-3-13(11)20-15)8-10-6-18-14-12(10)2-1-4-17-14/h1-2,4,6-7H,3,5,8-9H2,(H,17,18)(H2,16,19,20). The lowest BCUT2D eigenvalue weighted by molar-refractivity contribution is 0.244. The summed E-state index contributed by atoms with van der Waals surface area (Å²) in [6.45, 7) is 2.74. The first-order valence-electron chi connectivity index (χ1n) is 7.03. The number of nitrogens with two attached hydrogens (primary N) is 1. The smallest absolute Gasteiger partial charge is 0.220 e.